The summed E-state index contributed by atoms with van der Waals surface area (Å²) in [6, 6.07) is 12.4. The van der Waals surface area contributed by atoms with Gasteiger partial charge in [-0.2, -0.15) is 0 Å². The molecule has 0 amide bonds. The molecule has 3 rings (SSSR count). The first kappa shape index (κ1) is 24.4. The van der Waals surface area contributed by atoms with E-state index in [9.17, 15) is 4.79 Å². The molecule has 0 bridgehead atoms. The van der Waals surface area contributed by atoms with Crippen molar-refractivity contribution >= 4 is 11.9 Å². The van der Waals surface area contributed by atoms with E-state index in [2.05, 4.69) is 4.98 Å². The van der Waals surface area contributed by atoms with Crippen LogP contribution in [0.25, 0.3) is 17.3 Å². The van der Waals surface area contributed by atoms with E-state index >= 15 is 0 Å². The summed E-state index contributed by atoms with van der Waals surface area (Å²) >= 11 is 0. The standard InChI is InChI=1S/C26H27NO7/c1-29-21-12-16(13-22(30-2)25(21)33-5)19-9-7-8-18(27-19)10-11-20(28)17-14-23(31-3)26(34-6)24(15-17)32-4/h7-15H,1-6H3. The Morgan fingerprint density at radius 2 is 1.21 bits per heavy atom. The Labute approximate surface area is 198 Å². The first-order chi connectivity index (χ1) is 16.5. The predicted molar refractivity (Wildman–Crippen MR) is 129 cm³/mol. The highest BCUT2D eigenvalue weighted by Gasteiger charge is 2.17. The summed E-state index contributed by atoms with van der Waals surface area (Å²) in [5, 5.41) is 0. The normalized spacial score (nSPS) is 10.6. The highest BCUT2D eigenvalue weighted by atomic mass is 16.5. The van der Waals surface area contributed by atoms with Crippen LogP contribution in [0.3, 0.4) is 0 Å². The van der Waals surface area contributed by atoms with Crippen molar-refractivity contribution in [3.8, 4) is 45.8 Å². The van der Waals surface area contributed by atoms with Gasteiger partial charge in [0.2, 0.25) is 11.5 Å². The van der Waals surface area contributed by atoms with Gasteiger partial charge in [0.05, 0.1) is 54.0 Å². The number of carbonyl (C=O) groups is 1. The summed E-state index contributed by atoms with van der Waals surface area (Å²) in [4.78, 5) is 17.5. The molecule has 1 heterocycles. The van der Waals surface area contributed by atoms with Crippen molar-refractivity contribution in [2.24, 2.45) is 0 Å². The molecule has 0 aliphatic heterocycles. The fourth-order valence-electron chi connectivity index (χ4n) is 3.41. The van der Waals surface area contributed by atoms with E-state index in [-0.39, 0.29) is 5.78 Å². The Bertz CT molecular complexity index is 1150. The first-order valence-corrected chi connectivity index (χ1v) is 10.3. The van der Waals surface area contributed by atoms with Crippen molar-refractivity contribution in [3.05, 3.63) is 59.8 Å². The number of pyridine rings is 1. The molecular weight excluding hydrogens is 438 g/mol. The average Bonchev–Trinajstić information content (AvgIpc) is 2.89. The van der Waals surface area contributed by atoms with Gasteiger partial charge in [-0.25, -0.2) is 4.98 Å². The summed E-state index contributed by atoms with van der Waals surface area (Å²) in [6.07, 6.45) is 3.09. The second kappa shape index (κ2) is 11.1. The number of rotatable bonds is 10. The van der Waals surface area contributed by atoms with Crippen LogP contribution in [0.4, 0.5) is 0 Å². The van der Waals surface area contributed by atoms with E-state index in [1.807, 2.05) is 24.3 Å². The molecule has 34 heavy (non-hydrogen) atoms. The van der Waals surface area contributed by atoms with Crippen molar-refractivity contribution in [2.45, 2.75) is 0 Å². The number of ketones is 1. The maximum atomic E-state index is 12.8. The number of hydrogen-bond donors (Lipinski definition) is 0. The fraction of sp³-hybridized carbons (Fsp3) is 0.231. The van der Waals surface area contributed by atoms with E-state index in [1.54, 1.807) is 45.6 Å². The van der Waals surface area contributed by atoms with E-state index in [1.165, 1.54) is 27.4 Å². The van der Waals surface area contributed by atoms with Gasteiger partial charge in [0.1, 0.15) is 0 Å². The molecule has 8 nitrogen and oxygen atoms in total. The van der Waals surface area contributed by atoms with Crippen LogP contribution in [0.5, 0.6) is 34.5 Å². The molecule has 178 valence electrons. The average molecular weight is 466 g/mol. The summed E-state index contributed by atoms with van der Waals surface area (Å²) in [6.45, 7) is 0. The van der Waals surface area contributed by atoms with Crippen LogP contribution in [0.15, 0.2) is 48.5 Å². The lowest BCUT2D eigenvalue weighted by molar-refractivity contribution is 0.104. The van der Waals surface area contributed by atoms with Gasteiger partial charge in [0.25, 0.3) is 0 Å². The molecule has 0 radical (unpaired) electrons. The Balaban J connectivity index is 1.92. The van der Waals surface area contributed by atoms with Gasteiger partial charge in [-0.1, -0.05) is 6.07 Å². The van der Waals surface area contributed by atoms with E-state index < -0.39 is 0 Å². The number of aromatic nitrogens is 1. The molecule has 1 aromatic heterocycles. The molecular formula is C26H27NO7. The minimum atomic E-state index is -0.237. The van der Waals surface area contributed by atoms with Gasteiger partial charge >= 0.3 is 0 Å². The molecule has 2 aromatic carbocycles. The van der Waals surface area contributed by atoms with Crippen LogP contribution in [0.2, 0.25) is 0 Å². The summed E-state index contributed by atoms with van der Waals surface area (Å²) in [5.74, 6) is 2.54. The maximum Gasteiger partial charge on any atom is 0.203 e. The molecule has 8 heteroatoms. The molecule has 0 saturated heterocycles. The molecule has 0 aliphatic carbocycles. The second-order valence-corrected chi connectivity index (χ2v) is 6.97. The van der Waals surface area contributed by atoms with E-state index in [4.69, 9.17) is 28.4 Å². The molecule has 0 N–H and O–H groups in total. The molecule has 0 saturated carbocycles. The third-order valence-corrected chi connectivity index (χ3v) is 5.09. The third-order valence-electron chi connectivity index (χ3n) is 5.09. The van der Waals surface area contributed by atoms with Crippen LogP contribution < -0.4 is 28.4 Å². The lowest BCUT2D eigenvalue weighted by Gasteiger charge is -2.14. The first-order valence-electron chi connectivity index (χ1n) is 10.3. The third kappa shape index (κ3) is 5.06. The Morgan fingerprint density at radius 3 is 1.68 bits per heavy atom. The number of ether oxygens (including phenoxy) is 6. The zero-order valence-corrected chi connectivity index (χ0v) is 20.0. The Kier molecular flexibility index (Phi) is 7.97. The van der Waals surface area contributed by atoms with Gasteiger partial charge in [-0.15, -0.1) is 0 Å². The zero-order chi connectivity index (χ0) is 24.7. The predicted octanol–water partition coefficient (Wildman–Crippen LogP) is 4.70. The number of methoxy groups -OCH3 is 6. The molecule has 0 aliphatic rings. The highest BCUT2D eigenvalue weighted by Crippen LogP contribution is 2.41. The molecule has 0 atom stereocenters. The van der Waals surface area contributed by atoms with Crippen molar-refractivity contribution in [1.29, 1.82) is 0 Å². The fourth-order valence-corrected chi connectivity index (χ4v) is 3.41. The quantitative estimate of drug-likeness (QED) is 0.315. The Morgan fingerprint density at radius 1 is 0.706 bits per heavy atom. The lowest BCUT2D eigenvalue weighted by Crippen LogP contribution is -2.00. The van der Waals surface area contributed by atoms with Gasteiger partial charge in [-0.3, -0.25) is 4.79 Å². The minimum absolute atomic E-state index is 0.237. The van der Waals surface area contributed by atoms with Crippen molar-refractivity contribution in [3.63, 3.8) is 0 Å². The maximum absolute atomic E-state index is 12.8. The molecule has 0 fully saturated rings. The summed E-state index contributed by atoms with van der Waals surface area (Å²) in [5.41, 5.74) is 2.46. The highest BCUT2D eigenvalue weighted by molar-refractivity contribution is 6.07. The number of carbonyl (C=O) groups excluding carboxylic acids is 1. The van der Waals surface area contributed by atoms with Gasteiger partial charge in [-0.05, 0) is 48.6 Å². The number of benzene rings is 2. The van der Waals surface area contributed by atoms with E-state index in [0.29, 0.717) is 51.4 Å². The van der Waals surface area contributed by atoms with Crippen molar-refractivity contribution in [2.75, 3.05) is 42.7 Å². The van der Waals surface area contributed by atoms with Gasteiger partial charge in [0, 0.05) is 11.1 Å². The molecule has 0 unspecified atom stereocenters. The van der Waals surface area contributed by atoms with Gasteiger partial charge < -0.3 is 28.4 Å². The largest absolute Gasteiger partial charge is 0.493 e. The van der Waals surface area contributed by atoms with Crippen molar-refractivity contribution < 1.29 is 33.2 Å². The van der Waals surface area contributed by atoms with E-state index in [0.717, 1.165) is 5.56 Å². The summed E-state index contributed by atoms with van der Waals surface area (Å²) in [7, 11) is 9.17. The zero-order valence-electron chi connectivity index (χ0n) is 20.0. The topological polar surface area (TPSA) is 85.3 Å². The number of allylic oxidation sites excluding steroid dienone is 1. The second-order valence-electron chi connectivity index (χ2n) is 6.97. The summed E-state index contributed by atoms with van der Waals surface area (Å²) < 4.78 is 32.2. The number of hydrogen-bond acceptors (Lipinski definition) is 8. The van der Waals surface area contributed by atoms with Crippen molar-refractivity contribution in [1.82, 2.24) is 4.98 Å². The molecule has 3 aromatic rings. The lowest BCUT2D eigenvalue weighted by atomic mass is 10.1. The minimum Gasteiger partial charge on any atom is -0.493 e. The smallest absolute Gasteiger partial charge is 0.203 e. The van der Waals surface area contributed by atoms with Crippen LogP contribution in [-0.4, -0.2) is 53.4 Å². The van der Waals surface area contributed by atoms with Crippen LogP contribution in [0.1, 0.15) is 16.1 Å². The van der Waals surface area contributed by atoms with Crippen LogP contribution in [-0.2, 0) is 0 Å². The Hall–Kier alpha value is -4.20. The number of nitrogens with zero attached hydrogens (tertiary/aromatic N) is 1. The van der Waals surface area contributed by atoms with Gasteiger partial charge in [0.15, 0.2) is 28.8 Å². The SMILES string of the molecule is COc1cc(C(=O)C=Cc2cccc(-c3cc(OC)c(OC)c(OC)c3)n2)cc(OC)c1OC. The molecule has 0 spiro atoms. The monoisotopic (exact) mass is 465 g/mol. The van der Waals surface area contributed by atoms with Crippen LogP contribution in [0, 0.1) is 0 Å². The van der Waals surface area contributed by atoms with Crippen LogP contribution >= 0.6 is 0 Å².